The van der Waals surface area contributed by atoms with Gasteiger partial charge in [-0.2, -0.15) is 0 Å². The lowest BCUT2D eigenvalue weighted by atomic mass is 10.0. The van der Waals surface area contributed by atoms with E-state index in [-0.39, 0.29) is 11.1 Å². The Bertz CT molecular complexity index is 802. The Balaban J connectivity index is 2.24. The Morgan fingerprint density at radius 3 is 2.65 bits per heavy atom. The first kappa shape index (κ1) is 16.5. The molecular formula is C16H15Cl3N4. The first-order chi connectivity index (χ1) is 10.9. The van der Waals surface area contributed by atoms with Crippen LogP contribution >= 0.6 is 34.8 Å². The van der Waals surface area contributed by atoms with Gasteiger partial charge in [-0.1, -0.05) is 48.7 Å². The van der Waals surface area contributed by atoms with Crippen LogP contribution < -0.4 is 4.90 Å². The summed E-state index contributed by atoms with van der Waals surface area (Å²) in [6, 6.07) is 3.67. The monoisotopic (exact) mass is 368 g/mol. The molecule has 0 aromatic carbocycles. The standard InChI is InChI=1S/C16H15Cl3N4/c1-8(2)12-13(9(3)4-5-20-12)23-7-21-14(18)10-6-11(17)15(19)22-16(10)23/h4-6,8H,7H2,1-3H3. The maximum atomic E-state index is 6.23. The molecule has 0 N–H and O–H groups in total. The summed E-state index contributed by atoms with van der Waals surface area (Å²) in [5, 5.41) is 0.983. The van der Waals surface area contributed by atoms with E-state index in [0.29, 0.717) is 28.2 Å². The van der Waals surface area contributed by atoms with Crippen molar-refractivity contribution in [3.8, 4) is 0 Å². The molecule has 4 nitrogen and oxygen atoms in total. The quantitative estimate of drug-likeness (QED) is 0.674. The van der Waals surface area contributed by atoms with Crippen LogP contribution in [0.3, 0.4) is 0 Å². The zero-order chi connectivity index (χ0) is 16.7. The van der Waals surface area contributed by atoms with E-state index in [1.807, 2.05) is 24.1 Å². The van der Waals surface area contributed by atoms with Crippen molar-refractivity contribution in [2.45, 2.75) is 26.7 Å². The predicted molar refractivity (Wildman–Crippen MR) is 96.7 cm³/mol. The van der Waals surface area contributed by atoms with Gasteiger partial charge in [0.05, 0.1) is 22.0 Å². The molecule has 7 heteroatoms. The van der Waals surface area contributed by atoms with Crippen LogP contribution in [0.5, 0.6) is 0 Å². The van der Waals surface area contributed by atoms with Crippen LogP contribution in [0.25, 0.3) is 0 Å². The van der Waals surface area contributed by atoms with E-state index in [2.05, 4.69) is 28.8 Å². The Labute approximate surface area is 150 Å². The molecule has 0 amide bonds. The van der Waals surface area contributed by atoms with E-state index in [0.717, 1.165) is 16.9 Å². The van der Waals surface area contributed by atoms with E-state index < -0.39 is 0 Å². The van der Waals surface area contributed by atoms with E-state index in [9.17, 15) is 0 Å². The molecule has 0 atom stereocenters. The van der Waals surface area contributed by atoms with Gasteiger partial charge in [-0.15, -0.1) is 0 Å². The maximum absolute atomic E-state index is 6.23. The molecule has 0 unspecified atom stereocenters. The Kier molecular flexibility index (Phi) is 4.50. The highest BCUT2D eigenvalue weighted by Crippen LogP contribution is 2.39. The Morgan fingerprint density at radius 2 is 1.96 bits per heavy atom. The van der Waals surface area contributed by atoms with Crippen molar-refractivity contribution in [1.29, 1.82) is 0 Å². The van der Waals surface area contributed by atoms with Crippen LogP contribution in [0.15, 0.2) is 23.3 Å². The second-order valence-corrected chi connectivity index (χ2v) is 6.79. The summed E-state index contributed by atoms with van der Waals surface area (Å²) in [5.41, 5.74) is 3.74. The molecule has 1 aliphatic heterocycles. The van der Waals surface area contributed by atoms with Gasteiger partial charge in [0.2, 0.25) is 0 Å². The number of rotatable bonds is 2. The largest absolute Gasteiger partial charge is 0.303 e. The van der Waals surface area contributed by atoms with Crippen molar-refractivity contribution in [2.75, 3.05) is 11.6 Å². The van der Waals surface area contributed by atoms with E-state index in [1.165, 1.54) is 0 Å². The summed E-state index contributed by atoms with van der Waals surface area (Å²) >= 11 is 18.4. The number of fused-ring (bicyclic) bond motifs is 1. The lowest BCUT2D eigenvalue weighted by Crippen LogP contribution is -2.27. The van der Waals surface area contributed by atoms with Gasteiger partial charge in [0.15, 0.2) is 0 Å². The maximum Gasteiger partial charge on any atom is 0.150 e. The summed E-state index contributed by atoms with van der Waals surface area (Å²) in [4.78, 5) is 15.3. The van der Waals surface area contributed by atoms with Crippen LogP contribution in [0.4, 0.5) is 11.5 Å². The highest BCUT2D eigenvalue weighted by molar-refractivity contribution is 6.70. The average molecular weight is 370 g/mol. The lowest BCUT2D eigenvalue weighted by Gasteiger charge is -2.31. The van der Waals surface area contributed by atoms with E-state index in [4.69, 9.17) is 34.8 Å². The summed E-state index contributed by atoms with van der Waals surface area (Å²) in [7, 11) is 0. The van der Waals surface area contributed by atoms with Gasteiger partial charge in [0.25, 0.3) is 0 Å². The van der Waals surface area contributed by atoms with Gasteiger partial charge in [0, 0.05) is 6.20 Å². The second kappa shape index (κ2) is 6.27. The van der Waals surface area contributed by atoms with Gasteiger partial charge < -0.3 is 4.90 Å². The number of hydrogen-bond acceptors (Lipinski definition) is 4. The van der Waals surface area contributed by atoms with Gasteiger partial charge in [-0.25, -0.2) is 4.98 Å². The molecule has 0 bridgehead atoms. The zero-order valence-corrected chi connectivity index (χ0v) is 15.2. The molecule has 3 heterocycles. The molecule has 3 rings (SSSR count). The number of pyridine rings is 2. The Hall–Kier alpha value is -1.36. The molecule has 0 saturated carbocycles. The van der Waals surface area contributed by atoms with Crippen LogP contribution in [0.2, 0.25) is 10.2 Å². The fourth-order valence-electron chi connectivity index (χ4n) is 2.62. The van der Waals surface area contributed by atoms with Crippen LogP contribution in [-0.4, -0.2) is 21.8 Å². The minimum atomic E-state index is 0.245. The second-order valence-electron chi connectivity index (χ2n) is 5.67. The molecule has 2 aromatic heterocycles. The molecule has 0 saturated heterocycles. The highest BCUT2D eigenvalue weighted by Gasteiger charge is 2.27. The van der Waals surface area contributed by atoms with Crippen LogP contribution in [-0.2, 0) is 0 Å². The van der Waals surface area contributed by atoms with Crippen molar-refractivity contribution in [2.24, 2.45) is 4.99 Å². The molecule has 120 valence electrons. The number of halogens is 3. The lowest BCUT2D eigenvalue weighted by molar-refractivity contribution is 0.803. The summed E-state index contributed by atoms with van der Waals surface area (Å²) in [6.45, 7) is 6.62. The normalized spacial score (nSPS) is 14.0. The first-order valence-corrected chi connectivity index (χ1v) is 8.33. The van der Waals surface area contributed by atoms with Crippen LogP contribution in [0.1, 0.15) is 36.6 Å². The highest BCUT2D eigenvalue weighted by atomic mass is 35.5. The molecular weight excluding hydrogens is 355 g/mol. The van der Waals surface area contributed by atoms with Crippen LogP contribution in [0, 0.1) is 6.92 Å². The molecule has 0 aliphatic carbocycles. The molecule has 2 aromatic rings. The summed E-state index contributed by atoms with van der Waals surface area (Å²) in [6.07, 6.45) is 1.82. The van der Waals surface area contributed by atoms with Gasteiger partial charge in [-0.3, -0.25) is 9.98 Å². The summed E-state index contributed by atoms with van der Waals surface area (Å²) in [5.74, 6) is 0.912. The SMILES string of the molecule is Cc1ccnc(C(C)C)c1N1CN=C(Cl)c2cc(Cl)c(Cl)nc21. The van der Waals surface area contributed by atoms with E-state index in [1.54, 1.807) is 6.07 Å². The topological polar surface area (TPSA) is 41.4 Å². The third kappa shape index (κ3) is 2.91. The van der Waals surface area contributed by atoms with Crippen molar-refractivity contribution in [3.05, 3.63) is 45.3 Å². The smallest absolute Gasteiger partial charge is 0.150 e. The third-order valence-electron chi connectivity index (χ3n) is 3.71. The molecule has 0 spiro atoms. The molecule has 23 heavy (non-hydrogen) atoms. The molecule has 0 radical (unpaired) electrons. The summed E-state index contributed by atoms with van der Waals surface area (Å²) < 4.78 is 0. The fourth-order valence-corrected chi connectivity index (χ4v) is 3.10. The average Bonchev–Trinajstić information content (AvgIpc) is 2.50. The Morgan fingerprint density at radius 1 is 1.22 bits per heavy atom. The number of anilines is 2. The third-order valence-corrected chi connectivity index (χ3v) is 4.71. The first-order valence-electron chi connectivity index (χ1n) is 7.19. The van der Waals surface area contributed by atoms with Gasteiger partial charge in [-0.05, 0) is 30.5 Å². The minimum absolute atomic E-state index is 0.245. The molecule has 0 fully saturated rings. The van der Waals surface area contributed by atoms with Gasteiger partial charge >= 0.3 is 0 Å². The number of aryl methyl sites for hydroxylation is 1. The number of hydrogen-bond donors (Lipinski definition) is 0. The number of aliphatic imine (C=N–C) groups is 1. The van der Waals surface area contributed by atoms with Crippen molar-refractivity contribution >= 4 is 51.5 Å². The zero-order valence-electron chi connectivity index (χ0n) is 12.9. The predicted octanol–water partition coefficient (Wildman–Crippen LogP) is 5.31. The number of nitrogens with zero attached hydrogens (tertiary/aromatic N) is 4. The van der Waals surface area contributed by atoms with Crippen molar-refractivity contribution in [3.63, 3.8) is 0 Å². The van der Waals surface area contributed by atoms with Crippen molar-refractivity contribution < 1.29 is 0 Å². The van der Waals surface area contributed by atoms with Gasteiger partial charge in [0.1, 0.15) is 22.8 Å². The molecule has 1 aliphatic rings. The number of aromatic nitrogens is 2. The fraction of sp³-hybridized carbons (Fsp3) is 0.312. The van der Waals surface area contributed by atoms with E-state index >= 15 is 0 Å². The van der Waals surface area contributed by atoms with Crippen molar-refractivity contribution in [1.82, 2.24) is 9.97 Å². The minimum Gasteiger partial charge on any atom is -0.303 e.